The molecule has 5 nitrogen and oxygen atoms in total. The second-order valence-electron chi connectivity index (χ2n) is 3.22. The van der Waals surface area contributed by atoms with Crippen LogP contribution in [-0.4, -0.2) is 21.2 Å². The van der Waals surface area contributed by atoms with Gasteiger partial charge in [-0.25, -0.2) is 12.8 Å². The lowest BCUT2D eigenvalue weighted by Gasteiger charge is -2.10. The first-order chi connectivity index (χ1) is 8.67. The molecule has 104 valence electrons. The first-order valence-electron chi connectivity index (χ1n) is 4.56. The van der Waals surface area contributed by atoms with Gasteiger partial charge in [0.15, 0.2) is 6.61 Å². The number of halogens is 4. The SMILES string of the molecule is N#Cc1c(F)cccc1S(=O)(=O)NOCC(F)(F)F. The summed E-state index contributed by atoms with van der Waals surface area (Å²) < 4.78 is 71.5. The van der Waals surface area contributed by atoms with Crippen LogP contribution in [0.4, 0.5) is 17.6 Å². The molecule has 0 radical (unpaired) electrons. The lowest BCUT2D eigenvalue weighted by Crippen LogP contribution is -2.30. The van der Waals surface area contributed by atoms with Crippen LogP contribution in [0.1, 0.15) is 5.56 Å². The van der Waals surface area contributed by atoms with Crippen LogP contribution in [-0.2, 0) is 14.9 Å². The number of nitrogens with one attached hydrogen (secondary N) is 1. The molecule has 1 aromatic rings. The lowest BCUT2D eigenvalue weighted by atomic mass is 10.2. The number of nitrogens with zero attached hydrogens (tertiary/aromatic N) is 1. The quantitative estimate of drug-likeness (QED) is 0.674. The van der Waals surface area contributed by atoms with E-state index >= 15 is 0 Å². The van der Waals surface area contributed by atoms with E-state index in [9.17, 15) is 26.0 Å². The number of hydrogen-bond donors (Lipinski definition) is 1. The molecule has 1 aromatic carbocycles. The third-order valence-electron chi connectivity index (χ3n) is 1.78. The fourth-order valence-corrected chi connectivity index (χ4v) is 2.04. The van der Waals surface area contributed by atoms with Gasteiger partial charge in [0.25, 0.3) is 10.0 Å². The Kier molecular flexibility index (Phi) is 4.46. The molecule has 0 atom stereocenters. The molecule has 0 fully saturated rings. The Bertz CT molecular complexity index is 607. The fraction of sp³-hybridized carbons (Fsp3) is 0.222. The van der Waals surface area contributed by atoms with E-state index in [1.807, 2.05) is 0 Å². The third kappa shape index (κ3) is 4.16. The summed E-state index contributed by atoms with van der Waals surface area (Å²) in [6, 6.07) is 4.00. The number of rotatable bonds is 4. The maximum Gasteiger partial charge on any atom is 0.413 e. The highest BCUT2D eigenvalue weighted by Crippen LogP contribution is 2.18. The van der Waals surface area contributed by atoms with Crippen LogP contribution in [0.5, 0.6) is 0 Å². The van der Waals surface area contributed by atoms with Crippen molar-refractivity contribution in [2.45, 2.75) is 11.1 Å². The Morgan fingerprint density at radius 3 is 2.53 bits per heavy atom. The molecular weight excluding hydrogens is 292 g/mol. The van der Waals surface area contributed by atoms with E-state index in [2.05, 4.69) is 4.84 Å². The summed E-state index contributed by atoms with van der Waals surface area (Å²) in [7, 11) is -4.58. The minimum atomic E-state index is -4.73. The van der Waals surface area contributed by atoms with Crippen LogP contribution >= 0.6 is 0 Å². The topological polar surface area (TPSA) is 79.2 Å². The standard InChI is InChI=1S/C9H6F4N2O3S/c10-7-2-1-3-8(6(7)4-14)19(16,17)15-18-5-9(11,12)13/h1-3,15H,5H2. The molecule has 0 aromatic heterocycles. The number of alkyl halides is 3. The average molecular weight is 298 g/mol. The summed E-state index contributed by atoms with van der Waals surface area (Å²) in [5, 5.41) is 8.61. The molecule has 0 aliphatic carbocycles. The molecule has 1 N–H and O–H groups in total. The van der Waals surface area contributed by atoms with Crippen molar-refractivity contribution in [2.75, 3.05) is 6.61 Å². The zero-order valence-electron chi connectivity index (χ0n) is 9.03. The second-order valence-corrected chi connectivity index (χ2v) is 4.83. The molecule has 0 saturated carbocycles. The minimum absolute atomic E-state index is 0.808. The van der Waals surface area contributed by atoms with Crippen molar-refractivity contribution in [3.8, 4) is 6.07 Å². The molecule has 0 spiro atoms. The maximum absolute atomic E-state index is 13.2. The predicted octanol–water partition coefficient (Wildman–Crippen LogP) is 1.47. The van der Waals surface area contributed by atoms with E-state index in [4.69, 9.17) is 5.26 Å². The van der Waals surface area contributed by atoms with Crippen molar-refractivity contribution >= 4 is 10.0 Å². The summed E-state index contributed by atoms with van der Waals surface area (Å²) in [5.74, 6) is -1.11. The fourth-order valence-electron chi connectivity index (χ4n) is 1.07. The molecule has 10 heteroatoms. The van der Waals surface area contributed by atoms with Crippen molar-refractivity contribution in [3.63, 3.8) is 0 Å². The normalized spacial score (nSPS) is 12.2. The van der Waals surface area contributed by atoms with E-state index in [1.165, 1.54) is 11.0 Å². The van der Waals surface area contributed by atoms with Gasteiger partial charge in [0, 0.05) is 0 Å². The van der Waals surface area contributed by atoms with Gasteiger partial charge in [-0.15, -0.1) is 0 Å². The molecule has 0 unspecified atom stereocenters. The maximum atomic E-state index is 13.2. The van der Waals surface area contributed by atoms with Crippen molar-refractivity contribution in [1.29, 1.82) is 5.26 Å². The molecular formula is C9H6F4N2O3S. The molecule has 0 aliphatic rings. The first kappa shape index (κ1) is 15.4. The Labute approximate surface area is 105 Å². The number of sulfonamides is 1. The van der Waals surface area contributed by atoms with Crippen molar-refractivity contribution < 1.29 is 30.8 Å². The van der Waals surface area contributed by atoms with Crippen LogP contribution in [0.3, 0.4) is 0 Å². The predicted molar refractivity (Wildman–Crippen MR) is 53.4 cm³/mol. The minimum Gasteiger partial charge on any atom is -0.277 e. The third-order valence-corrected chi connectivity index (χ3v) is 3.04. The largest absolute Gasteiger partial charge is 0.413 e. The summed E-state index contributed by atoms with van der Waals surface area (Å²) in [4.78, 5) is 4.12. The number of nitriles is 1. The van der Waals surface area contributed by atoms with Crippen LogP contribution < -0.4 is 4.89 Å². The van der Waals surface area contributed by atoms with Crippen LogP contribution in [0.25, 0.3) is 0 Å². The van der Waals surface area contributed by atoms with E-state index < -0.39 is 39.1 Å². The Morgan fingerprint density at radius 1 is 1.37 bits per heavy atom. The highest BCUT2D eigenvalue weighted by molar-refractivity contribution is 7.89. The molecule has 0 saturated heterocycles. The van der Waals surface area contributed by atoms with Crippen molar-refractivity contribution in [2.24, 2.45) is 0 Å². The van der Waals surface area contributed by atoms with Gasteiger partial charge in [0.05, 0.1) is 0 Å². The van der Waals surface area contributed by atoms with E-state index in [0.717, 1.165) is 18.2 Å². The lowest BCUT2D eigenvalue weighted by molar-refractivity contribution is -0.181. The Hall–Kier alpha value is -1.70. The highest BCUT2D eigenvalue weighted by atomic mass is 32.2. The smallest absolute Gasteiger partial charge is 0.277 e. The molecule has 0 amide bonds. The van der Waals surface area contributed by atoms with Crippen LogP contribution in [0.2, 0.25) is 0 Å². The van der Waals surface area contributed by atoms with Gasteiger partial charge >= 0.3 is 6.18 Å². The average Bonchev–Trinajstić information content (AvgIpc) is 2.26. The van der Waals surface area contributed by atoms with Gasteiger partial charge in [0.1, 0.15) is 22.3 Å². The van der Waals surface area contributed by atoms with Gasteiger partial charge in [-0.1, -0.05) is 11.0 Å². The second kappa shape index (κ2) is 5.52. The van der Waals surface area contributed by atoms with Crippen LogP contribution in [0, 0.1) is 17.1 Å². The van der Waals surface area contributed by atoms with Gasteiger partial charge in [-0.05, 0) is 12.1 Å². The number of benzene rings is 1. The summed E-state index contributed by atoms with van der Waals surface area (Å²) in [5.41, 5.74) is -0.814. The van der Waals surface area contributed by atoms with Gasteiger partial charge in [0.2, 0.25) is 0 Å². The molecule has 0 bridgehead atoms. The van der Waals surface area contributed by atoms with E-state index in [0.29, 0.717) is 0 Å². The Balaban J connectivity index is 2.97. The summed E-state index contributed by atoms with van der Waals surface area (Å²) in [6.45, 7) is -1.86. The van der Waals surface area contributed by atoms with Crippen molar-refractivity contribution in [1.82, 2.24) is 4.89 Å². The van der Waals surface area contributed by atoms with Crippen LogP contribution in [0.15, 0.2) is 23.1 Å². The van der Waals surface area contributed by atoms with Gasteiger partial charge < -0.3 is 0 Å². The molecule has 0 heterocycles. The van der Waals surface area contributed by atoms with E-state index in [1.54, 1.807) is 0 Å². The van der Waals surface area contributed by atoms with Gasteiger partial charge in [-0.3, -0.25) is 4.84 Å². The highest BCUT2D eigenvalue weighted by Gasteiger charge is 2.29. The number of hydrogen-bond acceptors (Lipinski definition) is 4. The monoisotopic (exact) mass is 298 g/mol. The van der Waals surface area contributed by atoms with E-state index in [-0.39, 0.29) is 0 Å². The molecule has 0 aliphatic heterocycles. The molecule has 1 rings (SSSR count). The Morgan fingerprint density at radius 2 is 2.00 bits per heavy atom. The molecule has 19 heavy (non-hydrogen) atoms. The van der Waals surface area contributed by atoms with Crippen molar-refractivity contribution in [3.05, 3.63) is 29.6 Å². The zero-order valence-corrected chi connectivity index (χ0v) is 9.85. The van der Waals surface area contributed by atoms with Gasteiger partial charge in [-0.2, -0.15) is 18.4 Å². The summed E-state index contributed by atoms with van der Waals surface area (Å²) in [6.07, 6.45) is -4.73. The first-order valence-corrected chi connectivity index (χ1v) is 6.04. The summed E-state index contributed by atoms with van der Waals surface area (Å²) >= 11 is 0. The zero-order chi connectivity index (χ0) is 14.7.